The van der Waals surface area contributed by atoms with Crippen LogP contribution in [0.2, 0.25) is 0 Å². The van der Waals surface area contributed by atoms with Gasteiger partial charge in [-0.15, -0.1) is 0 Å². The number of nitrogens with one attached hydrogen (secondary N) is 1. The van der Waals surface area contributed by atoms with E-state index in [0.717, 1.165) is 51.4 Å². The number of carbonyl (C=O) groups excluding carboxylic acids is 2. The van der Waals surface area contributed by atoms with Crippen LogP contribution in [0, 0.1) is 0 Å². The summed E-state index contributed by atoms with van der Waals surface area (Å²) in [5.74, 6) is -0.489. The molecule has 56 heavy (non-hydrogen) atoms. The maximum Gasteiger partial charge on any atom is 0.306 e. The van der Waals surface area contributed by atoms with Crippen LogP contribution in [0.25, 0.3) is 0 Å². The molecule has 3 N–H and O–H groups in total. The molecule has 0 saturated carbocycles. The molecule has 0 heterocycles. The first-order valence-electron chi connectivity index (χ1n) is 24.9. The zero-order valence-corrected chi connectivity index (χ0v) is 37.8. The summed E-state index contributed by atoms with van der Waals surface area (Å²) >= 11 is 0. The van der Waals surface area contributed by atoms with Gasteiger partial charge in [0.15, 0.2) is 0 Å². The lowest BCUT2D eigenvalue weighted by molar-refractivity contribution is -0.151. The van der Waals surface area contributed by atoms with Gasteiger partial charge in [-0.2, -0.15) is 0 Å². The lowest BCUT2D eigenvalue weighted by atomic mass is 10.0. The lowest BCUT2D eigenvalue weighted by Gasteiger charge is -2.24. The highest BCUT2D eigenvalue weighted by Crippen LogP contribution is 2.17. The number of esters is 1. The van der Waals surface area contributed by atoms with Crippen molar-refractivity contribution in [3.05, 3.63) is 12.2 Å². The third kappa shape index (κ3) is 39.4. The smallest absolute Gasteiger partial charge is 0.306 e. The fourth-order valence-corrected chi connectivity index (χ4v) is 7.78. The number of ether oxygens (including phenoxy) is 1. The largest absolute Gasteiger partial charge is 0.462 e. The molecule has 0 fully saturated rings. The van der Waals surface area contributed by atoms with E-state index in [0.29, 0.717) is 19.3 Å². The van der Waals surface area contributed by atoms with Gasteiger partial charge in [0, 0.05) is 6.42 Å². The topological polar surface area (TPSA) is 95.9 Å². The molecule has 3 atom stereocenters. The molecule has 0 aromatic rings. The number of amides is 1. The second-order valence-electron chi connectivity index (χ2n) is 17.2. The molecule has 0 aliphatic carbocycles. The minimum absolute atomic E-state index is 0.0634. The number of rotatable bonds is 45. The summed E-state index contributed by atoms with van der Waals surface area (Å²) in [7, 11) is 0. The van der Waals surface area contributed by atoms with Gasteiger partial charge < -0.3 is 20.3 Å². The number of hydrogen-bond acceptors (Lipinski definition) is 5. The van der Waals surface area contributed by atoms with Gasteiger partial charge in [-0.1, -0.05) is 226 Å². The average molecular weight is 792 g/mol. The first-order chi connectivity index (χ1) is 27.5. The molecule has 0 aliphatic heterocycles. The van der Waals surface area contributed by atoms with Crippen LogP contribution < -0.4 is 5.32 Å². The minimum atomic E-state index is -0.787. The highest BCUT2D eigenvalue weighted by Gasteiger charge is 2.24. The standard InChI is InChI=1S/C50H97NO5/c1-4-7-10-13-16-19-22-24-25-28-31-34-37-40-43-50(55)56-46(41-38-35-32-29-27-23-20-17-14-11-8-5-2)44-49(54)51-47(45-52)48(53)42-39-36-33-30-26-21-18-15-12-9-6-3/h29,32,46-48,52-53H,4-28,30-31,33-45H2,1-3H3,(H,51,54)/b32-29-. The average Bonchev–Trinajstić information content (AvgIpc) is 3.19. The van der Waals surface area contributed by atoms with Crippen LogP contribution >= 0.6 is 0 Å². The molecular weight excluding hydrogens is 695 g/mol. The van der Waals surface area contributed by atoms with E-state index in [1.54, 1.807) is 0 Å². The van der Waals surface area contributed by atoms with E-state index in [9.17, 15) is 19.8 Å². The maximum absolute atomic E-state index is 13.1. The van der Waals surface area contributed by atoms with Gasteiger partial charge in [0.05, 0.1) is 25.2 Å². The fraction of sp³-hybridized carbons (Fsp3) is 0.920. The molecule has 6 nitrogen and oxygen atoms in total. The normalized spacial score (nSPS) is 13.3. The Balaban J connectivity index is 4.56. The van der Waals surface area contributed by atoms with Crippen molar-refractivity contribution in [2.24, 2.45) is 0 Å². The van der Waals surface area contributed by atoms with E-state index < -0.39 is 18.2 Å². The summed E-state index contributed by atoms with van der Waals surface area (Å²) in [5.41, 5.74) is 0. The van der Waals surface area contributed by atoms with Crippen molar-refractivity contribution in [1.29, 1.82) is 0 Å². The van der Waals surface area contributed by atoms with Crippen molar-refractivity contribution in [3.8, 4) is 0 Å². The quantitative estimate of drug-likeness (QED) is 0.0324. The highest BCUT2D eigenvalue weighted by molar-refractivity contribution is 5.77. The van der Waals surface area contributed by atoms with Gasteiger partial charge in [0.1, 0.15) is 6.10 Å². The molecule has 6 heteroatoms. The van der Waals surface area contributed by atoms with Crippen molar-refractivity contribution in [1.82, 2.24) is 5.32 Å². The van der Waals surface area contributed by atoms with Crippen LogP contribution in [0.4, 0.5) is 0 Å². The molecule has 0 aromatic carbocycles. The molecule has 0 aromatic heterocycles. The number of hydrogen-bond donors (Lipinski definition) is 3. The second-order valence-corrected chi connectivity index (χ2v) is 17.2. The molecule has 1 amide bonds. The fourth-order valence-electron chi connectivity index (χ4n) is 7.78. The summed E-state index contributed by atoms with van der Waals surface area (Å²) in [6.45, 7) is 6.47. The monoisotopic (exact) mass is 792 g/mol. The first-order valence-corrected chi connectivity index (χ1v) is 24.9. The summed E-state index contributed by atoms with van der Waals surface area (Å²) in [4.78, 5) is 26.0. The third-order valence-corrected chi connectivity index (χ3v) is 11.6. The number of unbranched alkanes of at least 4 members (excludes halogenated alkanes) is 31. The Kier molecular flexibility index (Phi) is 43.6. The maximum atomic E-state index is 13.1. The second kappa shape index (κ2) is 44.7. The van der Waals surface area contributed by atoms with Crippen LogP contribution in [-0.2, 0) is 14.3 Å². The van der Waals surface area contributed by atoms with E-state index in [1.165, 1.54) is 173 Å². The van der Waals surface area contributed by atoms with Crippen molar-refractivity contribution in [2.75, 3.05) is 6.61 Å². The SMILES string of the molecule is CCCCCCCCC/C=C\CCCC(CC(=O)NC(CO)C(O)CCCCCCCCCCCCC)OC(=O)CCCCCCCCCCCCCCCC. The molecule has 0 radical (unpaired) electrons. The van der Waals surface area contributed by atoms with Gasteiger partial charge in [0.2, 0.25) is 5.91 Å². The predicted molar refractivity (Wildman–Crippen MR) is 241 cm³/mol. The van der Waals surface area contributed by atoms with Crippen LogP contribution in [0.15, 0.2) is 12.2 Å². The van der Waals surface area contributed by atoms with Crippen LogP contribution in [-0.4, -0.2) is 46.9 Å². The van der Waals surface area contributed by atoms with Crippen molar-refractivity contribution in [2.45, 2.75) is 289 Å². The van der Waals surface area contributed by atoms with E-state index in [4.69, 9.17) is 4.74 Å². The highest BCUT2D eigenvalue weighted by atomic mass is 16.5. The van der Waals surface area contributed by atoms with Gasteiger partial charge in [-0.3, -0.25) is 9.59 Å². The van der Waals surface area contributed by atoms with Crippen molar-refractivity contribution >= 4 is 11.9 Å². The van der Waals surface area contributed by atoms with Gasteiger partial charge in [-0.05, 0) is 44.9 Å². The number of carbonyl (C=O) groups is 2. The zero-order valence-electron chi connectivity index (χ0n) is 37.8. The lowest BCUT2D eigenvalue weighted by Crippen LogP contribution is -2.46. The number of aliphatic hydroxyl groups excluding tert-OH is 2. The molecule has 0 rings (SSSR count). The molecule has 0 saturated heterocycles. The molecule has 332 valence electrons. The van der Waals surface area contributed by atoms with E-state index in [-0.39, 0.29) is 24.9 Å². The predicted octanol–water partition coefficient (Wildman–Crippen LogP) is 14.6. The van der Waals surface area contributed by atoms with Crippen molar-refractivity contribution < 1.29 is 24.5 Å². The summed E-state index contributed by atoms with van der Waals surface area (Å²) < 4.78 is 5.91. The van der Waals surface area contributed by atoms with E-state index >= 15 is 0 Å². The van der Waals surface area contributed by atoms with Gasteiger partial charge in [0.25, 0.3) is 0 Å². The Labute approximate surface area is 349 Å². The summed E-state index contributed by atoms with van der Waals surface area (Å²) in [6.07, 6.45) is 48.4. The van der Waals surface area contributed by atoms with Gasteiger partial charge >= 0.3 is 5.97 Å². The van der Waals surface area contributed by atoms with Gasteiger partial charge in [-0.25, -0.2) is 0 Å². The Morgan fingerprint density at radius 2 is 0.875 bits per heavy atom. The number of aliphatic hydroxyl groups is 2. The first kappa shape index (κ1) is 54.6. The molecule has 0 spiro atoms. The molecule has 0 bridgehead atoms. The van der Waals surface area contributed by atoms with Crippen LogP contribution in [0.1, 0.15) is 271 Å². The zero-order chi connectivity index (χ0) is 41.0. The van der Waals surface area contributed by atoms with Crippen molar-refractivity contribution in [3.63, 3.8) is 0 Å². The molecule has 3 unspecified atom stereocenters. The summed E-state index contributed by atoms with van der Waals surface area (Å²) in [6, 6.07) is -0.702. The van der Waals surface area contributed by atoms with Crippen LogP contribution in [0.5, 0.6) is 0 Å². The van der Waals surface area contributed by atoms with E-state index in [1.807, 2.05) is 0 Å². The minimum Gasteiger partial charge on any atom is -0.462 e. The molecular formula is C50H97NO5. The molecule has 0 aliphatic rings. The Morgan fingerprint density at radius 3 is 1.30 bits per heavy atom. The third-order valence-electron chi connectivity index (χ3n) is 11.6. The van der Waals surface area contributed by atoms with Crippen LogP contribution in [0.3, 0.4) is 0 Å². The number of allylic oxidation sites excluding steroid dienone is 2. The summed E-state index contributed by atoms with van der Waals surface area (Å²) in [5, 5.41) is 23.7. The Morgan fingerprint density at radius 1 is 0.500 bits per heavy atom. The Hall–Kier alpha value is -1.40. The van der Waals surface area contributed by atoms with E-state index in [2.05, 4.69) is 38.2 Å². The Bertz CT molecular complexity index is 847.